The van der Waals surface area contributed by atoms with E-state index in [9.17, 15) is 48.1 Å². The van der Waals surface area contributed by atoms with Crippen molar-refractivity contribution >= 4 is 164 Å². The van der Waals surface area contributed by atoms with Crippen molar-refractivity contribution in [3.05, 3.63) is 128 Å². The van der Waals surface area contributed by atoms with Crippen LogP contribution < -0.4 is 36.6 Å². The van der Waals surface area contributed by atoms with E-state index in [0.717, 1.165) is 5.46 Å². The minimum absolute atomic E-state index is 0.00742. The molecular weight excluding hydrogens is 1570 g/mol. The van der Waals surface area contributed by atoms with E-state index in [1.807, 2.05) is 33.8 Å². The normalized spacial score (nSPS) is 14.1. The van der Waals surface area contributed by atoms with E-state index >= 15 is 0 Å². The molecule has 0 spiro atoms. The third kappa shape index (κ3) is 26.5. The average molecular weight is 1630 g/mol. The number of aliphatic hydroxyl groups is 3. The molecule has 97 heavy (non-hydrogen) atoms. The molecule has 9 N–H and O–H groups in total. The maximum Gasteiger partial charge on any atom is 0.495 e. The van der Waals surface area contributed by atoms with Gasteiger partial charge in [0.15, 0.2) is 19.7 Å². The van der Waals surface area contributed by atoms with Crippen molar-refractivity contribution in [1.82, 2.24) is 39.6 Å². The standard InChI is InChI=1S/C15H16ClN3O4S.C14H14N4O4S.C13H19BN2O3.C8H9BrClNO3S.C5H2BrCl2NO2S.C2H7NO/c1-10(21)19-14-8-11(3-4-17-14)12-7-13(15(16)18-9-12)24(22,23)6-2-5-20;1-9(19)18-13-7-10(2-3-15-13)11-6-12-14(16-8-11)22-5-4-17-23(12,20)21;1-9(17)16-11-8-10(6-7-15-11)14-18-12(2,3)13(4,5)19-14;9-6-4-7(8(10)11-5-6)15(13,14)3-1-2-12;6-3-1-4(12(8,10)11)5(7)9-2-3;3-1-2-4/h3-4,7-9,20H,2,5-6H2,1H3,(H,17,19,21);2-3,6-8,17H,4-5H2,1H3,(H,15,18,19);6-8H,1-5H3,(H,15,16,17);4-5,12H,1-3H2;1-2H;4H,1-3H2. The van der Waals surface area contributed by atoms with Crippen LogP contribution in [0.4, 0.5) is 17.5 Å². The topological polar surface area (TPSA) is 441 Å². The minimum atomic E-state index is -3.81. The quantitative estimate of drug-likeness (QED) is 0.0273. The highest BCUT2D eigenvalue weighted by molar-refractivity contribution is 9.10. The number of carbonyl (C=O) groups is 3. The van der Waals surface area contributed by atoms with E-state index in [-0.39, 0.29) is 127 Å². The zero-order valence-corrected chi connectivity index (χ0v) is 62.1. The highest BCUT2D eigenvalue weighted by Crippen LogP contribution is 2.37. The molecule has 9 rings (SSSR count). The van der Waals surface area contributed by atoms with Crippen LogP contribution in [0.25, 0.3) is 22.3 Å². The lowest BCUT2D eigenvalue weighted by molar-refractivity contribution is -0.115. The number of aliphatic hydroxyl groups excluding tert-OH is 3. The number of ether oxygens (including phenoxy) is 1. The summed E-state index contributed by atoms with van der Waals surface area (Å²) in [5.41, 5.74) is 7.28. The number of anilines is 3. The van der Waals surface area contributed by atoms with Crippen LogP contribution in [0.1, 0.15) is 61.3 Å². The Bertz CT molecular complexity index is 4360. The van der Waals surface area contributed by atoms with Crippen molar-refractivity contribution in [2.24, 2.45) is 5.73 Å². The van der Waals surface area contributed by atoms with Gasteiger partial charge in [-0.15, -0.1) is 0 Å². The Morgan fingerprint density at radius 1 is 0.598 bits per heavy atom. The lowest BCUT2D eigenvalue weighted by Gasteiger charge is -2.32. The smallest absolute Gasteiger partial charge is 0.475 e. The minimum Gasteiger partial charge on any atom is -0.475 e. The highest BCUT2D eigenvalue weighted by Gasteiger charge is 2.51. The van der Waals surface area contributed by atoms with Crippen LogP contribution in [-0.4, -0.2) is 171 Å². The van der Waals surface area contributed by atoms with Gasteiger partial charge in [-0.25, -0.2) is 73.3 Å². The van der Waals surface area contributed by atoms with Gasteiger partial charge in [0.25, 0.3) is 9.05 Å². The van der Waals surface area contributed by atoms with E-state index in [1.54, 1.807) is 36.5 Å². The number of sulfonamides is 1. The van der Waals surface area contributed by atoms with Crippen LogP contribution in [0.5, 0.6) is 5.88 Å². The number of rotatable bonds is 16. The van der Waals surface area contributed by atoms with Crippen LogP contribution in [0.2, 0.25) is 15.5 Å². The number of aromatic nitrogens is 7. The lowest BCUT2D eigenvalue weighted by atomic mass is 9.80. The number of nitrogens with one attached hydrogen (secondary N) is 4. The first-order valence-corrected chi connectivity index (χ1v) is 38.0. The number of carbonyl (C=O) groups excluding carboxylic acids is 3. The Hall–Kier alpha value is -6.04. The van der Waals surface area contributed by atoms with E-state index in [4.69, 9.17) is 80.6 Å². The molecule has 526 valence electrons. The molecule has 0 bridgehead atoms. The maximum absolute atomic E-state index is 12.3. The third-order valence-electron chi connectivity index (χ3n) is 12.7. The van der Waals surface area contributed by atoms with Gasteiger partial charge >= 0.3 is 7.12 Å². The molecule has 7 aromatic rings. The molecular formula is C57H67BBr2Cl4N12O17S4. The molecule has 1 fully saturated rings. The SMILES string of the molecule is CC(=O)Nc1cc(-c2cnc(Cl)c(S(=O)(=O)CCCO)c2)ccn1.CC(=O)Nc1cc(-c2cnc3c(c2)S(=O)(=O)NCCO3)ccn1.CC(=O)Nc1cc(B2OC(C)(C)C(C)(C)O2)ccn1.NCCO.O=S(=O)(CCCO)c1cc(Br)cnc1Cl.O=S(=O)(Cl)c1cc(Br)cnc1Cl. The second-order valence-electron chi connectivity index (χ2n) is 20.9. The lowest BCUT2D eigenvalue weighted by Crippen LogP contribution is -2.41. The molecule has 2 aliphatic heterocycles. The van der Waals surface area contributed by atoms with Crippen LogP contribution in [0.3, 0.4) is 0 Å². The van der Waals surface area contributed by atoms with E-state index in [2.05, 4.69) is 87.4 Å². The van der Waals surface area contributed by atoms with Crippen molar-refractivity contribution in [2.75, 3.05) is 67.0 Å². The predicted molar refractivity (Wildman–Crippen MR) is 374 cm³/mol. The molecule has 3 amide bonds. The summed E-state index contributed by atoms with van der Waals surface area (Å²) in [6, 6.07) is 15.8. The predicted octanol–water partition coefficient (Wildman–Crippen LogP) is 7.04. The molecule has 0 aliphatic carbocycles. The third-order valence-corrected chi connectivity index (χ3v) is 21.2. The molecule has 9 heterocycles. The Labute approximate surface area is 597 Å². The fourth-order valence-electron chi connectivity index (χ4n) is 7.56. The van der Waals surface area contributed by atoms with Gasteiger partial charge in [0, 0.05) is 121 Å². The Morgan fingerprint density at radius 3 is 1.43 bits per heavy atom. The van der Waals surface area contributed by atoms with Crippen molar-refractivity contribution in [2.45, 2.75) is 92.1 Å². The zero-order chi connectivity index (χ0) is 72.7. The van der Waals surface area contributed by atoms with E-state index in [0.29, 0.717) is 55.2 Å². The summed E-state index contributed by atoms with van der Waals surface area (Å²) in [5.74, 6) is 0.287. The molecule has 29 nitrogen and oxygen atoms in total. The molecule has 2 aliphatic rings. The average Bonchev–Trinajstić information content (AvgIpc) is 1.25. The monoisotopic (exact) mass is 1630 g/mol. The number of pyridine rings is 7. The van der Waals surface area contributed by atoms with E-state index < -0.39 is 45.9 Å². The van der Waals surface area contributed by atoms with Crippen LogP contribution in [0, 0.1) is 0 Å². The number of hydrogen-bond donors (Lipinski definition) is 8. The molecule has 1 saturated heterocycles. The molecule has 0 unspecified atom stereocenters. The van der Waals surface area contributed by atoms with Gasteiger partial charge in [-0.05, 0) is 150 Å². The summed E-state index contributed by atoms with van der Waals surface area (Å²) in [6.45, 7) is 12.7. The van der Waals surface area contributed by atoms with Crippen molar-refractivity contribution in [3.63, 3.8) is 0 Å². The number of sulfone groups is 2. The number of hydrogen-bond acceptors (Lipinski definition) is 25. The second kappa shape index (κ2) is 38.0. The summed E-state index contributed by atoms with van der Waals surface area (Å²) >= 11 is 23.3. The van der Waals surface area contributed by atoms with Gasteiger partial charge in [-0.3, -0.25) is 14.4 Å². The van der Waals surface area contributed by atoms with Gasteiger partial charge in [0.1, 0.15) is 59.1 Å². The maximum atomic E-state index is 12.3. The molecule has 0 aromatic carbocycles. The summed E-state index contributed by atoms with van der Waals surface area (Å²) in [6.07, 6.45) is 10.7. The fourth-order valence-corrected chi connectivity index (χ4v) is 14.7. The summed E-state index contributed by atoms with van der Waals surface area (Å²) < 4.78 is 115. The molecule has 40 heteroatoms. The summed E-state index contributed by atoms with van der Waals surface area (Å²) in [4.78, 5) is 60.4. The van der Waals surface area contributed by atoms with Gasteiger partial charge in [-0.2, -0.15) is 0 Å². The number of amides is 3. The Kier molecular flexibility index (Phi) is 32.6. The first-order chi connectivity index (χ1) is 45.3. The number of nitrogens with zero attached hydrogens (tertiary/aromatic N) is 7. The van der Waals surface area contributed by atoms with Crippen LogP contribution in [-0.2, 0) is 62.4 Å². The van der Waals surface area contributed by atoms with Gasteiger partial charge < -0.3 is 51.0 Å². The number of nitrogens with two attached hydrogens (primary N) is 1. The highest BCUT2D eigenvalue weighted by atomic mass is 79.9. The Morgan fingerprint density at radius 2 is 1.00 bits per heavy atom. The van der Waals surface area contributed by atoms with Crippen LogP contribution in [0.15, 0.2) is 133 Å². The molecule has 7 aromatic heterocycles. The number of fused-ring (bicyclic) bond motifs is 1. The first kappa shape index (κ1) is 83.4. The van der Waals surface area contributed by atoms with Crippen molar-refractivity contribution in [3.8, 4) is 28.1 Å². The summed E-state index contributed by atoms with van der Waals surface area (Å²) in [5, 5.41) is 32.6. The zero-order valence-electron chi connectivity index (χ0n) is 52.6. The molecule has 0 atom stereocenters. The van der Waals surface area contributed by atoms with Crippen molar-refractivity contribution < 1.29 is 77.4 Å². The second-order valence-corrected chi connectivity index (χ2v) is 32.2. The number of halogens is 6. The van der Waals surface area contributed by atoms with Gasteiger partial charge in [0.2, 0.25) is 33.6 Å². The van der Waals surface area contributed by atoms with E-state index in [1.165, 1.54) is 82.2 Å². The van der Waals surface area contributed by atoms with Gasteiger partial charge in [-0.1, -0.05) is 34.8 Å². The largest absolute Gasteiger partial charge is 0.495 e. The fraction of sp³-hybridized carbons (Fsp3) is 0.333. The summed E-state index contributed by atoms with van der Waals surface area (Å²) in [7, 11) is -9.96. The molecule has 0 radical (unpaired) electrons. The van der Waals surface area contributed by atoms with Crippen molar-refractivity contribution in [1.29, 1.82) is 0 Å². The molecule has 0 saturated carbocycles. The van der Waals surface area contributed by atoms with Crippen LogP contribution >= 0.6 is 77.3 Å². The Balaban J connectivity index is 0.000000259. The first-order valence-electron chi connectivity index (χ1n) is 28.2. The van der Waals surface area contributed by atoms with Gasteiger partial charge in [0.05, 0.1) is 29.3 Å².